The van der Waals surface area contributed by atoms with Gasteiger partial charge >= 0.3 is 5.97 Å². The van der Waals surface area contributed by atoms with Gasteiger partial charge in [-0.25, -0.2) is 13.6 Å². The summed E-state index contributed by atoms with van der Waals surface area (Å²) in [5, 5.41) is 16.2. The summed E-state index contributed by atoms with van der Waals surface area (Å²) in [5.74, 6) is -1.65. The lowest BCUT2D eigenvalue weighted by Crippen LogP contribution is -2.19. The number of para-hydroxylation sites is 1. The normalized spacial score (nSPS) is 16.6. The van der Waals surface area contributed by atoms with Gasteiger partial charge in [0.15, 0.2) is 0 Å². The number of nitrogens with one attached hydrogen (secondary N) is 1. The number of rotatable bonds is 5. The van der Waals surface area contributed by atoms with Crippen molar-refractivity contribution in [1.82, 2.24) is 4.98 Å². The SMILES string of the molecule is CC(C(=O)O)c1c(-c2cccc(C3CCCCC3)c2S(N)(=O)=O)[nH]c2ccccc12. The van der Waals surface area contributed by atoms with Gasteiger partial charge in [-0.2, -0.15) is 0 Å². The Morgan fingerprint density at radius 1 is 1.10 bits per heavy atom. The molecule has 158 valence electrons. The number of nitrogens with two attached hydrogens (primary N) is 1. The summed E-state index contributed by atoms with van der Waals surface area (Å²) in [5.41, 5.74) is 3.03. The summed E-state index contributed by atoms with van der Waals surface area (Å²) in [4.78, 5) is 15.3. The van der Waals surface area contributed by atoms with Crippen LogP contribution in [0.15, 0.2) is 47.4 Å². The number of aromatic nitrogens is 1. The first-order chi connectivity index (χ1) is 14.3. The fourth-order valence-electron chi connectivity index (χ4n) is 4.75. The predicted octanol–water partition coefficient (Wildman–Crippen LogP) is 4.72. The van der Waals surface area contributed by atoms with E-state index >= 15 is 0 Å². The molecule has 7 heteroatoms. The summed E-state index contributed by atoms with van der Waals surface area (Å²) in [7, 11) is -4.03. The van der Waals surface area contributed by atoms with E-state index < -0.39 is 21.9 Å². The first-order valence-corrected chi connectivity index (χ1v) is 11.8. The van der Waals surface area contributed by atoms with Crippen LogP contribution in [0.5, 0.6) is 0 Å². The van der Waals surface area contributed by atoms with Crippen LogP contribution in [0.3, 0.4) is 0 Å². The van der Waals surface area contributed by atoms with E-state index in [9.17, 15) is 18.3 Å². The first kappa shape index (κ1) is 20.6. The molecule has 4 N–H and O–H groups in total. The van der Waals surface area contributed by atoms with Crippen LogP contribution in [-0.4, -0.2) is 24.5 Å². The summed E-state index contributed by atoms with van der Waals surface area (Å²) in [6, 6.07) is 12.8. The Bertz CT molecular complexity index is 1210. The van der Waals surface area contributed by atoms with Crippen molar-refractivity contribution in [3.8, 4) is 11.3 Å². The molecule has 0 spiro atoms. The van der Waals surface area contributed by atoms with Gasteiger partial charge in [-0.15, -0.1) is 0 Å². The smallest absolute Gasteiger partial charge is 0.310 e. The fourth-order valence-corrected chi connectivity index (χ4v) is 5.79. The number of carboxylic acids is 1. The molecule has 3 aromatic rings. The minimum absolute atomic E-state index is 0.113. The highest BCUT2D eigenvalue weighted by Crippen LogP contribution is 2.42. The van der Waals surface area contributed by atoms with Gasteiger partial charge in [0, 0.05) is 16.5 Å². The van der Waals surface area contributed by atoms with Crippen molar-refractivity contribution in [2.75, 3.05) is 0 Å². The Morgan fingerprint density at radius 2 is 1.80 bits per heavy atom. The van der Waals surface area contributed by atoms with Crippen molar-refractivity contribution in [3.05, 3.63) is 53.6 Å². The number of benzene rings is 2. The second kappa shape index (κ2) is 7.89. The molecule has 2 aromatic carbocycles. The molecule has 1 aromatic heterocycles. The molecule has 1 saturated carbocycles. The average Bonchev–Trinajstić information content (AvgIpc) is 3.12. The van der Waals surface area contributed by atoms with E-state index in [4.69, 9.17) is 5.14 Å². The highest BCUT2D eigenvalue weighted by molar-refractivity contribution is 7.89. The van der Waals surface area contributed by atoms with Crippen molar-refractivity contribution in [1.29, 1.82) is 0 Å². The quantitative estimate of drug-likeness (QED) is 0.548. The third-order valence-corrected chi connectivity index (χ3v) is 7.22. The van der Waals surface area contributed by atoms with E-state index in [0.717, 1.165) is 48.6 Å². The molecule has 4 rings (SSSR count). The Hall–Kier alpha value is -2.64. The van der Waals surface area contributed by atoms with Crippen LogP contribution in [0, 0.1) is 0 Å². The molecule has 0 radical (unpaired) electrons. The lowest BCUT2D eigenvalue weighted by atomic mass is 9.83. The highest BCUT2D eigenvalue weighted by atomic mass is 32.2. The van der Waals surface area contributed by atoms with Crippen molar-refractivity contribution in [3.63, 3.8) is 0 Å². The third kappa shape index (κ3) is 3.63. The number of hydrogen-bond acceptors (Lipinski definition) is 3. The molecule has 1 fully saturated rings. The Kier molecular flexibility index (Phi) is 5.42. The van der Waals surface area contributed by atoms with Gasteiger partial charge in [0.25, 0.3) is 0 Å². The van der Waals surface area contributed by atoms with Crippen LogP contribution in [-0.2, 0) is 14.8 Å². The molecule has 0 saturated heterocycles. The number of aromatic amines is 1. The lowest BCUT2D eigenvalue weighted by molar-refractivity contribution is -0.138. The van der Waals surface area contributed by atoms with Gasteiger partial charge < -0.3 is 10.1 Å². The van der Waals surface area contributed by atoms with E-state index in [0.29, 0.717) is 16.8 Å². The summed E-state index contributed by atoms with van der Waals surface area (Å²) < 4.78 is 25.5. The van der Waals surface area contributed by atoms with Gasteiger partial charge in [0.05, 0.1) is 16.5 Å². The number of carboxylic acid groups (broad SMARTS) is 1. The van der Waals surface area contributed by atoms with Gasteiger partial charge in [-0.05, 0) is 42.9 Å². The maximum Gasteiger partial charge on any atom is 0.310 e. The third-order valence-electron chi connectivity index (χ3n) is 6.19. The summed E-state index contributed by atoms with van der Waals surface area (Å²) in [6.45, 7) is 1.61. The van der Waals surface area contributed by atoms with E-state index in [1.807, 2.05) is 36.4 Å². The average molecular weight is 427 g/mol. The molecule has 1 aliphatic rings. The zero-order chi connectivity index (χ0) is 21.5. The van der Waals surface area contributed by atoms with Crippen molar-refractivity contribution in [2.24, 2.45) is 5.14 Å². The number of fused-ring (bicyclic) bond motifs is 1. The van der Waals surface area contributed by atoms with Crippen LogP contribution >= 0.6 is 0 Å². The van der Waals surface area contributed by atoms with Crippen molar-refractivity contribution in [2.45, 2.75) is 55.8 Å². The number of aliphatic carboxylic acids is 1. The molecular formula is C23H26N2O4S. The number of carbonyl (C=O) groups is 1. The molecule has 6 nitrogen and oxygen atoms in total. The Labute approximate surface area is 176 Å². The molecule has 0 bridgehead atoms. The molecule has 1 aliphatic carbocycles. The number of sulfonamides is 1. The van der Waals surface area contributed by atoms with E-state index in [2.05, 4.69) is 4.98 Å². The maximum absolute atomic E-state index is 12.8. The Morgan fingerprint density at radius 3 is 2.47 bits per heavy atom. The highest BCUT2D eigenvalue weighted by Gasteiger charge is 2.30. The van der Waals surface area contributed by atoms with Crippen LogP contribution in [0.4, 0.5) is 0 Å². The van der Waals surface area contributed by atoms with Gasteiger partial charge in [-0.3, -0.25) is 4.79 Å². The monoisotopic (exact) mass is 426 g/mol. The molecular weight excluding hydrogens is 400 g/mol. The lowest BCUT2D eigenvalue weighted by Gasteiger charge is -2.25. The van der Waals surface area contributed by atoms with Gasteiger partial charge in [-0.1, -0.05) is 55.7 Å². The van der Waals surface area contributed by atoms with Crippen LogP contribution < -0.4 is 5.14 Å². The molecule has 1 heterocycles. The second-order valence-electron chi connectivity index (χ2n) is 8.12. The van der Waals surface area contributed by atoms with Crippen LogP contribution in [0.2, 0.25) is 0 Å². The summed E-state index contributed by atoms with van der Waals surface area (Å²) >= 11 is 0. The van der Waals surface area contributed by atoms with E-state index in [1.54, 1.807) is 13.0 Å². The number of hydrogen-bond donors (Lipinski definition) is 3. The standard InChI is InChI=1S/C23H26N2O4S/c1-14(23(26)27)20-17-10-5-6-13-19(17)25-21(20)18-12-7-11-16(22(18)30(24,28)29)15-8-3-2-4-9-15/h5-7,10-15,25H,2-4,8-9H2,1H3,(H,26,27)(H2,24,28,29). The summed E-state index contributed by atoms with van der Waals surface area (Å²) in [6.07, 6.45) is 5.14. The predicted molar refractivity (Wildman–Crippen MR) is 117 cm³/mol. The first-order valence-electron chi connectivity index (χ1n) is 10.3. The van der Waals surface area contributed by atoms with Gasteiger partial charge in [0.1, 0.15) is 0 Å². The molecule has 1 atom stereocenters. The van der Waals surface area contributed by atoms with Gasteiger partial charge in [0.2, 0.25) is 10.0 Å². The van der Waals surface area contributed by atoms with Crippen molar-refractivity contribution >= 4 is 26.9 Å². The zero-order valence-electron chi connectivity index (χ0n) is 16.9. The van der Waals surface area contributed by atoms with E-state index in [-0.39, 0.29) is 10.8 Å². The van der Waals surface area contributed by atoms with Crippen LogP contribution in [0.25, 0.3) is 22.2 Å². The topological polar surface area (TPSA) is 113 Å². The van der Waals surface area contributed by atoms with E-state index in [1.165, 1.54) is 0 Å². The molecule has 0 amide bonds. The number of H-pyrrole nitrogens is 1. The Balaban J connectivity index is 2.03. The maximum atomic E-state index is 12.8. The fraction of sp³-hybridized carbons (Fsp3) is 0.348. The zero-order valence-corrected chi connectivity index (χ0v) is 17.7. The largest absolute Gasteiger partial charge is 0.481 e. The molecule has 30 heavy (non-hydrogen) atoms. The minimum atomic E-state index is -4.03. The molecule has 1 unspecified atom stereocenters. The van der Waals surface area contributed by atoms with Crippen molar-refractivity contribution < 1.29 is 18.3 Å². The second-order valence-corrected chi connectivity index (χ2v) is 9.62. The number of primary sulfonamides is 1. The minimum Gasteiger partial charge on any atom is -0.481 e. The van der Waals surface area contributed by atoms with Crippen LogP contribution in [0.1, 0.15) is 62.0 Å². The molecule has 0 aliphatic heterocycles.